The Labute approximate surface area is 163 Å². The van der Waals surface area contributed by atoms with E-state index in [-0.39, 0.29) is 5.91 Å². The van der Waals surface area contributed by atoms with Crippen LogP contribution >= 0.6 is 0 Å². The zero-order chi connectivity index (χ0) is 19.3. The third-order valence-electron chi connectivity index (χ3n) is 5.10. The predicted molar refractivity (Wildman–Crippen MR) is 105 cm³/mol. The third-order valence-corrected chi connectivity index (χ3v) is 5.10. The summed E-state index contributed by atoms with van der Waals surface area (Å²) in [6, 6.07) is 16.9. The van der Waals surface area contributed by atoms with Crippen LogP contribution in [0, 0.1) is 11.3 Å². The van der Waals surface area contributed by atoms with Gasteiger partial charge in [0.2, 0.25) is 0 Å². The van der Waals surface area contributed by atoms with E-state index in [1.807, 2.05) is 36.4 Å². The van der Waals surface area contributed by atoms with Crippen molar-refractivity contribution in [2.75, 3.05) is 0 Å². The highest BCUT2D eigenvalue weighted by molar-refractivity contribution is 6.01. The van der Waals surface area contributed by atoms with E-state index in [1.165, 1.54) is 6.42 Å². The lowest BCUT2D eigenvalue weighted by Crippen LogP contribution is -2.25. The smallest absolute Gasteiger partial charge is 0.252 e. The van der Waals surface area contributed by atoms with Crippen LogP contribution in [0.4, 0.5) is 0 Å². The third kappa shape index (κ3) is 3.52. The van der Waals surface area contributed by atoms with Crippen molar-refractivity contribution in [2.24, 2.45) is 0 Å². The molecular formula is C22H21N5O. The van der Waals surface area contributed by atoms with Crippen LogP contribution in [0.1, 0.15) is 46.8 Å². The van der Waals surface area contributed by atoms with E-state index in [2.05, 4.69) is 26.2 Å². The normalized spacial score (nSPS) is 13.2. The van der Waals surface area contributed by atoms with Gasteiger partial charge in [0.1, 0.15) is 5.82 Å². The van der Waals surface area contributed by atoms with E-state index in [1.54, 1.807) is 12.1 Å². The van der Waals surface area contributed by atoms with Gasteiger partial charge < -0.3 is 9.88 Å². The van der Waals surface area contributed by atoms with Gasteiger partial charge in [-0.3, -0.25) is 4.79 Å². The maximum Gasteiger partial charge on any atom is 0.252 e. The van der Waals surface area contributed by atoms with Crippen molar-refractivity contribution in [2.45, 2.75) is 38.8 Å². The van der Waals surface area contributed by atoms with Gasteiger partial charge in [-0.15, -0.1) is 10.2 Å². The number of nitrogens with one attached hydrogen (secondary N) is 1. The zero-order valence-corrected chi connectivity index (χ0v) is 15.6. The molecule has 0 fully saturated rings. The monoisotopic (exact) mass is 371 g/mol. The molecule has 6 nitrogen and oxygen atoms in total. The maximum absolute atomic E-state index is 12.9. The molecular weight excluding hydrogens is 350 g/mol. The molecule has 0 radical (unpaired) electrons. The number of rotatable bonds is 4. The number of nitrogens with zero attached hydrogens (tertiary/aromatic N) is 4. The van der Waals surface area contributed by atoms with Crippen LogP contribution in [0.25, 0.3) is 11.1 Å². The lowest BCUT2D eigenvalue weighted by Gasteiger charge is -2.12. The molecule has 0 atom stereocenters. The zero-order valence-electron chi connectivity index (χ0n) is 15.6. The maximum atomic E-state index is 12.9. The average molecular weight is 371 g/mol. The molecule has 0 saturated heterocycles. The minimum atomic E-state index is -0.186. The molecule has 0 bridgehead atoms. The second kappa shape index (κ2) is 8.05. The Bertz CT molecular complexity index is 1050. The van der Waals surface area contributed by atoms with Gasteiger partial charge in [-0.1, -0.05) is 42.8 Å². The summed E-state index contributed by atoms with van der Waals surface area (Å²) in [4.78, 5) is 12.9. The Morgan fingerprint density at radius 2 is 1.82 bits per heavy atom. The van der Waals surface area contributed by atoms with Crippen LogP contribution < -0.4 is 5.32 Å². The summed E-state index contributed by atoms with van der Waals surface area (Å²) < 4.78 is 2.13. The number of hydrogen-bond acceptors (Lipinski definition) is 4. The molecule has 1 aliphatic heterocycles. The number of amides is 1. The van der Waals surface area contributed by atoms with Gasteiger partial charge in [0.25, 0.3) is 5.91 Å². The topological polar surface area (TPSA) is 83.6 Å². The lowest BCUT2D eigenvalue weighted by molar-refractivity contribution is 0.0950. The van der Waals surface area contributed by atoms with Crippen molar-refractivity contribution in [3.63, 3.8) is 0 Å². The second-order valence-electron chi connectivity index (χ2n) is 6.88. The van der Waals surface area contributed by atoms with Gasteiger partial charge in [-0.05, 0) is 30.5 Å². The van der Waals surface area contributed by atoms with Crippen LogP contribution in [0.5, 0.6) is 0 Å². The van der Waals surface area contributed by atoms with Gasteiger partial charge in [0.15, 0.2) is 5.82 Å². The first-order chi connectivity index (χ1) is 13.8. The van der Waals surface area contributed by atoms with Crippen molar-refractivity contribution >= 4 is 5.91 Å². The van der Waals surface area contributed by atoms with Gasteiger partial charge in [-0.25, -0.2) is 0 Å². The molecule has 0 spiro atoms. The molecule has 3 aromatic rings. The number of carbonyl (C=O) groups excluding carboxylic acids is 1. The Morgan fingerprint density at radius 3 is 2.68 bits per heavy atom. The molecule has 1 N–H and O–H groups in total. The van der Waals surface area contributed by atoms with Gasteiger partial charge in [0, 0.05) is 24.1 Å². The molecule has 2 aromatic carbocycles. The van der Waals surface area contributed by atoms with Crippen LogP contribution in [0.15, 0.2) is 48.5 Å². The van der Waals surface area contributed by atoms with E-state index in [4.69, 9.17) is 0 Å². The van der Waals surface area contributed by atoms with Gasteiger partial charge >= 0.3 is 0 Å². The highest BCUT2D eigenvalue weighted by Gasteiger charge is 2.18. The summed E-state index contributed by atoms with van der Waals surface area (Å²) >= 11 is 0. The molecule has 6 heteroatoms. The van der Waals surface area contributed by atoms with Crippen molar-refractivity contribution < 1.29 is 4.79 Å². The number of carbonyl (C=O) groups is 1. The molecule has 4 rings (SSSR count). The molecule has 0 saturated carbocycles. The van der Waals surface area contributed by atoms with E-state index in [9.17, 15) is 10.1 Å². The fourth-order valence-corrected chi connectivity index (χ4v) is 3.66. The molecule has 0 unspecified atom stereocenters. The van der Waals surface area contributed by atoms with Crippen LogP contribution in [-0.2, 0) is 19.5 Å². The number of aryl methyl sites for hydroxylation is 1. The summed E-state index contributed by atoms with van der Waals surface area (Å²) in [5, 5.41) is 20.9. The van der Waals surface area contributed by atoms with Crippen LogP contribution in [0.2, 0.25) is 0 Å². The number of nitriles is 1. The average Bonchev–Trinajstić information content (AvgIpc) is 2.97. The lowest BCUT2D eigenvalue weighted by atomic mass is 9.95. The molecule has 1 aromatic heterocycles. The highest BCUT2D eigenvalue weighted by atomic mass is 16.1. The molecule has 1 amide bonds. The van der Waals surface area contributed by atoms with Crippen molar-refractivity contribution in [1.29, 1.82) is 5.26 Å². The van der Waals surface area contributed by atoms with E-state index in [0.29, 0.717) is 17.7 Å². The summed E-state index contributed by atoms with van der Waals surface area (Å²) in [7, 11) is 0. The van der Waals surface area contributed by atoms with Crippen molar-refractivity contribution in [3.05, 3.63) is 71.3 Å². The fraction of sp³-hybridized carbons (Fsp3) is 0.273. The van der Waals surface area contributed by atoms with Crippen molar-refractivity contribution in [1.82, 2.24) is 20.1 Å². The molecule has 140 valence electrons. The molecule has 0 aliphatic carbocycles. The highest BCUT2D eigenvalue weighted by Crippen LogP contribution is 2.27. The SMILES string of the molecule is N#Cc1ccccc1-c1ccccc1C(=O)NCc1nnc2n1CCCCC2. The Morgan fingerprint density at radius 1 is 1.04 bits per heavy atom. The number of fused-ring (bicyclic) bond motifs is 1. The quantitative estimate of drug-likeness (QED) is 0.761. The Hall–Kier alpha value is -3.46. The molecule has 2 heterocycles. The largest absolute Gasteiger partial charge is 0.345 e. The summed E-state index contributed by atoms with van der Waals surface area (Å²) in [6.07, 6.45) is 4.38. The minimum absolute atomic E-state index is 0.186. The fourth-order valence-electron chi connectivity index (χ4n) is 3.66. The summed E-state index contributed by atoms with van der Waals surface area (Å²) in [5.41, 5.74) is 2.59. The Kier molecular flexibility index (Phi) is 5.16. The first kappa shape index (κ1) is 17.9. The second-order valence-corrected chi connectivity index (χ2v) is 6.88. The summed E-state index contributed by atoms with van der Waals surface area (Å²) in [5.74, 6) is 1.61. The van der Waals surface area contributed by atoms with E-state index >= 15 is 0 Å². The van der Waals surface area contributed by atoms with Crippen molar-refractivity contribution in [3.8, 4) is 17.2 Å². The first-order valence-electron chi connectivity index (χ1n) is 9.55. The predicted octanol–water partition coefficient (Wildman–Crippen LogP) is 3.47. The minimum Gasteiger partial charge on any atom is -0.345 e. The number of benzene rings is 2. The first-order valence-corrected chi connectivity index (χ1v) is 9.55. The number of hydrogen-bond donors (Lipinski definition) is 1. The van der Waals surface area contributed by atoms with Crippen LogP contribution in [-0.4, -0.2) is 20.7 Å². The number of aromatic nitrogens is 3. The van der Waals surface area contributed by atoms with Gasteiger partial charge in [0.05, 0.1) is 18.2 Å². The Balaban J connectivity index is 1.57. The van der Waals surface area contributed by atoms with Crippen LogP contribution in [0.3, 0.4) is 0 Å². The summed E-state index contributed by atoms with van der Waals surface area (Å²) in [6.45, 7) is 1.24. The van der Waals surface area contributed by atoms with Gasteiger partial charge in [-0.2, -0.15) is 5.26 Å². The van der Waals surface area contributed by atoms with E-state index < -0.39 is 0 Å². The standard InChI is InChI=1S/C22H21N5O/c23-14-16-8-3-4-9-17(16)18-10-5-6-11-19(18)22(28)24-15-21-26-25-20-12-2-1-7-13-27(20)21/h3-6,8-11H,1-2,7,12-13,15H2,(H,24,28). The molecule has 28 heavy (non-hydrogen) atoms. The van der Waals surface area contributed by atoms with E-state index in [0.717, 1.165) is 48.6 Å². The molecule has 1 aliphatic rings.